The quantitative estimate of drug-likeness (QED) is 0.607. The highest BCUT2D eigenvalue weighted by Gasteiger charge is 2.05. The molecule has 1 aromatic heterocycles. The second kappa shape index (κ2) is 3.58. The first-order valence-electron chi connectivity index (χ1n) is 3.47. The molecule has 1 heterocycles. The summed E-state index contributed by atoms with van der Waals surface area (Å²) in [6.45, 7) is 2.01. The van der Waals surface area contributed by atoms with Crippen molar-refractivity contribution < 1.29 is 4.79 Å². The Bertz CT molecular complexity index is 321. The van der Waals surface area contributed by atoms with Crippen LogP contribution in [0.25, 0.3) is 0 Å². The van der Waals surface area contributed by atoms with Crippen molar-refractivity contribution in [2.24, 2.45) is 0 Å². The maximum atomic E-state index is 11.1. The highest BCUT2D eigenvalue weighted by atomic mass is 16.1. The summed E-state index contributed by atoms with van der Waals surface area (Å²) in [5.41, 5.74) is 0.433. The number of carbonyl (C=O) groups excluding carboxylic acids is 1. The van der Waals surface area contributed by atoms with Crippen LogP contribution in [0.3, 0.4) is 0 Å². The van der Waals surface area contributed by atoms with Crippen molar-refractivity contribution in [3.63, 3.8) is 0 Å². The van der Waals surface area contributed by atoms with Gasteiger partial charge in [0.2, 0.25) is 0 Å². The minimum atomic E-state index is -0.228. The molecule has 12 heavy (non-hydrogen) atoms. The zero-order valence-corrected chi connectivity index (χ0v) is 6.72. The topological polar surface area (TPSA) is 57.8 Å². The molecule has 0 aliphatic carbocycles. The van der Waals surface area contributed by atoms with Crippen LogP contribution in [0.5, 0.6) is 0 Å². The zero-order chi connectivity index (χ0) is 8.97. The molecule has 0 atom stereocenters. The smallest absolute Gasteiger partial charge is 0.270 e. The van der Waals surface area contributed by atoms with E-state index in [1.165, 1.54) is 6.20 Å². The van der Waals surface area contributed by atoms with Gasteiger partial charge < -0.3 is 10.3 Å². The molecule has 4 nitrogen and oxygen atoms in total. The van der Waals surface area contributed by atoms with Gasteiger partial charge >= 0.3 is 0 Å². The molecule has 2 N–H and O–H groups in total. The molecule has 0 radical (unpaired) electrons. The third-order valence-electron chi connectivity index (χ3n) is 1.30. The molecule has 0 aliphatic heterocycles. The average molecular weight is 163 g/mol. The Morgan fingerprint density at radius 2 is 2.67 bits per heavy atom. The monoisotopic (exact) mass is 163 g/mol. The number of aromatic amines is 1. The number of hydrogen-bond donors (Lipinski definition) is 2. The van der Waals surface area contributed by atoms with Gasteiger partial charge in [0.25, 0.3) is 5.91 Å². The summed E-state index contributed by atoms with van der Waals surface area (Å²) in [5.74, 6) is 2.79. The number of hydrogen-bond acceptors (Lipinski definition) is 2. The number of imidazole rings is 1. The molecule has 0 spiro atoms. The third-order valence-corrected chi connectivity index (χ3v) is 1.30. The Morgan fingerprint density at radius 3 is 3.17 bits per heavy atom. The van der Waals surface area contributed by atoms with Crippen molar-refractivity contribution >= 4 is 5.91 Å². The number of terminal acetylenes is 1. The van der Waals surface area contributed by atoms with E-state index in [1.54, 1.807) is 6.92 Å². The Kier molecular flexibility index (Phi) is 2.49. The van der Waals surface area contributed by atoms with Crippen LogP contribution in [0.2, 0.25) is 0 Å². The van der Waals surface area contributed by atoms with Crippen LogP contribution in [0.1, 0.15) is 16.3 Å². The van der Waals surface area contributed by atoms with E-state index in [1.807, 2.05) is 0 Å². The van der Waals surface area contributed by atoms with Crippen LogP contribution >= 0.6 is 0 Å². The van der Waals surface area contributed by atoms with Gasteiger partial charge in [-0.15, -0.1) is 6.42 Å². The molecule has 1 aromatic rings. The summed E-state index contributed by atoms with van der Waals surface area (Å²) in [6.07, 6.45) is 6.44. The predicted octanol–water partition coefficient (Wildman–Crippen LogP) is 0.0811. The Balaban J connectivity index is 2.61. The zero-order valence-electron chi connectivity index (χ0n) is 6.72. The fourth-order valence-corrected chi connectivity index (χ4v) is 0.763. The van der Waals surface area contributed by atoms with Crippen LogP contribution in [-0.2, 0) is 0 Å². The number of nitrogens with one attached hydrogen (secondary N) is 2. The van der Waals surface area contributed by atoms with Gasteiger partial charge in [-0.3, -0.25) is 4.79 Å². The molecule has 0 aromatic carbocycles. The van der Waals surface area contributed by atoms with E-state index in [2.05, 4.69) is 21.2 Å². The first-order valence-corrected chi connectivity index (χ1v) is 3.47. The van der Waals surface area contributed by atoms with Crippen LogP contribution in [0.4, 0.5) is 0 Å². The molecular weight excluding hydrogens is 154 g/mol. The minimum absolute atomic E-state index is 0.228. The average Bonchev–Trinajstić information content (AvgIpc) is 2.47. The lowest BCUT2D eigenvalue weighted by atomic mass is 10.4. The van der Waals surface area contributed by atoms with Gasteiger partial charge in [0.15, 0.2) is 0 Å². The molecule has 0 bridgehead atoms. The largest absolute Gasteiger partial charge is 0.340 e. The van der Waals surface area contributed by atoms with Crippen molar-refractivity contribution in [1.82, 2.24) is 15.3 Å². The van der Waals surface area contributed by atoms with Crippen molar-refractivity contribution in [3.05, 3.63) is 17.7 Å². The van der Waals surface area contributed by atoms with Crippen LogP contribution in [0.15, 0.2) is 6.20 Å². The van der Waals surface area contributed by atoms with E-state index in [0.29, 0.717) is 11.5 Å². The number of rotatable bonds is 2. The molecule has 0 aliphatic rings. The Labute approximate surface area is 70.4 Å². The van der Waals surface area contributed by atoms with E-state index in [0.717, 1.165) is 0 Å². The summed E-state index contributed by atoms with van der Waals surface area (Å²) in [7, 11) is 0. The standard InChI is InChI=1S/C8H9N3O/c1-3-4-9-8(12)7-5-10-6(2)11-7/h1,5H,4H2,2H3,(H,9,12)(H,10,11). The third kappa shape index (κ3) is 1.86. The van der Waals surface area contributed by atoms with E-state index in [9.17, 15) is 4.79 Å². The molecule has 0 fully saturated rings. The van der Waals surface area contributed by atoms with Gasteiger partial charge in [-0.2, -0.15) is 0 Å². The van der Waals surface area contributed by atoms with Gasteiger partial charge in [-0.1, -0.05) is 5.92 Å². The van der Waals surface area contributed by atoms with E-state index >= 15 is 0 Å². The molecule has 0 saturated heterocycles. The van der Waals surface area contributed by atoms with Gasteiger partial charge in [0, 0.05) is 0 Å². The Hall–Kier alpha value is -1.76. The summed E-state index contributed by atoms with van der Waals surface area (Å²) in [6, 6.07) is 0. The van der Waals surface area contributed by atoms with Crippen molar-refractivity contribution in [2.75, 3.05) is 6.54 Å². The SMILES string of the molecule is C#CCNC(=O)c1cnc(C)[nH]1. The maximum absolute atomic E-state index is 11.1. The fraction of sp³-hybridized carbons (Fsp3) is 0.250. The molecule has 0 unspecified atom stereocenters. The van der Waals surface area contributed by atoms with Gasteiger partial charge in [0.1, 0.15) is 11.5 Å². The highest BCUT2D eigenvalue weighted by molar-refractivity contribution is 5.92. The first-order chi connectivity index (χ1) is 5.74. The molecule has 1 amide bonds. The highest BCUT2D eigenvalue weighted by Crippen LogP contribution is 1.94. The molecule has 62 valence electrons. The molecule has 0 saturated carbocycles. The second-order valence-electron chi connectivity index (χ2n) is 2.27. The maximum Gasteiger partial charge on any atom is 0.270 e. The summed E-state index contributed by atoms with van der Waals surface area (Å²) >= 11 is 0. The van der Waals surface area contributed by atoms with Crippen LogP contribution in [0, 0.1) is 19.3 Å². The van der Waals surface area contributed by atoms with Crippen molar-refractivity contribution in [2.45, 2.75) is 6.92 Å². The first kappa shape index (κ1) is 8.34. The van der Waals surface area contributed by atoms with E-state index < -0.39 is 0 Å². The predicted molar refractivity (Wildman–Crippen MR) is 44.5 cm³/mol. The van der Waals surface area contributed by atoms with Crippen molar-refractivity contribution in [1.29, 1.82) is 0 Å². The van der Waals surface area contributed by atoms with E-state index in [4.69, 9.17) is 6.42 Å². The number of aromatic nitrogens is 2. The summed E-state index contributed by atoms with van der Waals surface area (Å²) < 4.78 is 0. The van der Waals surface area contributed by atoms with Gasteiger partial charge in [-0.05, 0) is 6.92 Å². The summed E-state index contributed by atoms with van der Waals surface area (Å²) in [5, 5.41) is 2.52. The molecule has 1 rings (SSSR count). The van der Waals surface area contributed by atoms with Crippen LogP contribution < -0.4 is 5.32 Å². The summed E-state index contributed by atoms with van der Waals surface area (Å²) in [4.78, 5) is 17.8. The lowest BCUT2D eigenvalue weighted by Gasteiger charge is -1.95. The van der Waals surface area contributed by atoms with Gasteiger partial charge in [-0.25, -0.2) is 4.98 Å². The van der Waals surface area contributed by atoms with Crippen molar-refractivity contribution in [3.8, 4) is 12.3 Å². The molecular formula is C8H9N3O. The Morgan fingerprint density at radius 1 is 1.92 bits per heavy atom. The lowest BCUT2D eigenvalue weighted by molar-refractivity contribution is 0.0954. The minimum Gasteiger partial charge on any atom is -0.340 e. The normalized spacial score (nSPS) is 9.00. The number of nitrogens with zero attached hydrogens (tertiary/aromatic N) is 1. The fourth-order valence-electron chi connectivity index (χ4n) is 0.763. The number of H-pyrrole nitrogens is 1. The number of aryl methyl sites for hydroxylation is 1. The number of amides is 1. The van der Waals surface area contributed by atoms with Crippen LogP contribution in [-0.4, -0.2) is 22.4 Å². The van der Waals surface area contributed by atoms with Gasteiger partial charge in [0.05, 0.1) is 12.7 Å². The lowest BCUT2D eigenvalue weighted by Crippen LogP contribution is -2.23. The second-order valence-corrected chi connectivity index (χ2v) is 2.27. The van der Waals surface area contributed by atoms with E-state index in [-0.39, 0.29) is 12.5 Å². The number of carbonyl (C=O) groups is 1. The molecule has 4 heteroatoms.